The second kappa shape index (κ2) is 5.75. The van der Waals surface area contributed by atoms with Crippen molar-refractivity contribution < 1.29 is 4.79 Å². The maximum Gasteiger partial charge on any atom is 0.226 e. The summed E-state index contributed by atoms with van der Waals surface area (Å²) in [5.74, 6) is 2.13. The van der Waals surface area contributed by atoms with Gasteiger partial charge < -0.3 is 15.2 Å². The molecule has 0 spiro atoms. The lowest BCUT2D eigenvalue weighted by Crippen LogP contribution is -2.48. The summed E-state index contributed by atoms with van der Waals surface area (Å²) in [6.45, 7) is 6.95. The Morgan fingerprint density at radius 3 is 2.90 bits per heavy atom. The van der Waals surface area contributed by atoms with Crippen molar-refractivity contribution in [1.82, 2.24) is 25.4 Å². The van der Waals surface area contributed by atoms with Crippen molar-refractivity contribution in [3.8, 4) is 0 Å². The number of aromatic nitrogens is 3. The third-order valence-corrected chi connectivity index (χ3v) is 5.09. The highest BCUT2D eigenvalue weighted by molar-refractivity contribution is 5.83. The molecule has 3 rings (SSSR count). The van der Waals surface area contributed by atoms with E-state index in [0.717, 1.165) is 63.4 Å². The molecule has 1 unspecified atom stereocenters. The lowest BCUT2D eigenvalue weighted by atomic mass is 9.75. The first kappa shape index (κ1) is 14.5. The van der Waals surface area contributed by atoms with Crippen LogP contribution in [-0.2, 0) is 17.8 Å². The van der Waals surface area contributed by atoms with Gasteiger partial charge in [-0.3, -0.25) is 4.79 Å². The molecule has 1 saturated heterocycles. The molecule has 0 radical (unpaired) electrons. The van der Waals surface area contributed by atoms with E-state index in [1.54, 1.807) is 0 Å². The average Bonchev–Trinajstić information content (AvgIpc) is 3.10. The first-order chi connectivity index (χ1) is 10.2. The maximum atomic E-state index is 12.8. The highest BCUT2D eigenvalue weighted by atomic mass is 16.2. The summed E-state index contributed by atoms with van der Waals surface area (Å²) in [4.78, 5) is 12.8. The van der Waals surface area contributed by atoms with Gasteiger partial charge in [0.1, 0.15) is 5.82 Å². The predicted molar refractivity (Wildman–Crippen MR) is 79.7 cm³/mol. The van der Waals surface area contributed by atoms with Crippen LogP contribution in [0, 0.1) is 5.41 Å². The molecule has 21 heavy (non-hydrogen) atoms. The van der Waals surface area contributed by atoms with E-state index in [9.17, 15) is 4.79 Å². The van der Waals surface area contributed by atoms with Gasteiger partial charge in [-0.15, -0.1) is 10.2 Å². The van der Waals surface area contributed by atoms with Crippen molar-refractivity contribution in [3.63, 3.8) is 0 Å². The van der Waals surface area contributed by atoms with Gasteiger partial charge in [0.15, 0.2) is 5.82 Å². The number of aryl methyl sites for hydroxylation is 1. The Hall–Kier alpha value is -1.43. The van der Waals surface area contributed by atoms with E-state index in [-0.39, 0.29) is 17.4 Å². The molecule has 3 heterocycles. The zero-order valence-corrected chi connectivity index (χ0v) is 13.0. The number of carbonyl (C=O) groups excluding carboxylic acids is 1. The number of hydrogen-bond acceptors (Lipinski definition) is 4. The van der Waals surface area contributed by atoms with Gasteiger partial charge in [-0.25, -0.2) is 0 Å². The highest BCUT2D eigenvalue weighted by Crippen LogP contribution is 2.33. The van der Waals surface area contributed by atoms with E-state index in [2.05, 4.69) is 32.3 Å². The van der Waals surface area contributed by atoms with Crippen LogP contribution in [0.15, 0.2) is 0 Å². The molecule has 2 aliphatic heterocycles. The topological polar surface area (TPSA) is 71.8 Å². The van der Waals surface area contributed by atoms with Gasteiger partial charge in [0.05, 0.1) is 11.5 Å². The van der Waals surface area contributed by atoms with Gasteiger partial charge >= 0.3 is 0 Å². The van der Waals surface area contributed by atoms with Gasteiger partial charge in [0.25, 0.3) is 0 Å². The zero-order chi connectivity index (χ0) is 14.9. The molecule has 1 aromatic rings. The third-order valence-electron chi connectivity index (χ3n) is 5.09. The Bertz CT molecular complexity index is 518. The van der Waals surface area contributed by atoms with Crippen LogP contribution in [0.2, 0.25) is 0 Å². The molecular formula is C15H25N5O. The zero-order valence-electron chi connectivity index (χ0n) is 13.0. The summed E-state index contributed by atoms with van der Waals surface area (Å²) >= 11 is 0. The Morgan fingerprint density at radius 2 is 2.19 bits per heavy atom. The molecule has 6 heteroatoms. The Balaban J connectivity index is 1.71. The first-order valence-electron chi connectivity index (χ1n) is 8.10. The van der Waals surface area contributed by atoms with Gasteiger partial charge in [-0.05, 0) is 45.7 Å². The summed E-state index contributed by atoms with van der Waals surface area (Å²) in [6.07, 6.45) is 4.85. The van der Waals surface area contributed by atoms with Crippen molar-refractivity contribution >= 4 is 5.91 Å². The molecular weight excluding hydrogens is 266 g/mol. The standard InChI is InChI=1S/C15H25N5O/c1-3-15(6-8-16-9-7-15)14(21)17-11(2)13-19-18-12-5-4-10-20(12)13/h11,16H,3-10H2,1-2H3,(H,17,21). The first-order valence-corrected chi connectivity index (χ1v) is 8.10. The van der Waals surface area contributed by atoms with E-state index in [4.69, 9.17) is 0 Å². The van der Waals surface area contributed by atoms with Crippen molar-refractivity contribution in [1.29, 1.82) is 0 Å². The number of rotatable bonds is 4. The Kier molecular flexibility index (Phi) is 3.97. The SMILES string of the molecule is CCC1(C(=O)NC(C)c2nnc3n2CCC3)CCNCC1. The largest absolute Gasteiger partial charge is 0.346 e. The summed E-state index contributed by atoms with van der Waals surface area (Å²) < 4.78 is 2.16. The fraction of sp³-hybridized carbons (Fsp3) is 0.800. The molecule has 0 aromatic carbocycles. The molecule has 2 aliphatic rings. The van der Waals surface area contributed by atoms with E-state index in [1.807, 2.05) is 6.92 Å². The molecule has 6 nitrogen and oxygen atoms in total. The molecule has 0 bridgehead atoms. The number of hydrogen-bond donors (Lipinski definition) is 2. The summed E-state index contributed by atoms with van der Waals surface area (Å²) in [5, 5.41) is 15.0. The van der Waals surface area contributed by atoms with Crippen LogP contribution in [-0.4, -0.2) is 33.8 Å². The van der Waals surface area contributed by atoms with Gasteiger partial charge in [0.2, 0.25) is 5.91 Å². The summed E-state index contributed by atoms with van der Waals surface area (Å²) in [7, 11) is 0. The van der Waals surface area contributed by atoms with E-state index in [1.165, 1.54) is 0 Å². The Labute approximate surface area is 125 Å². The minimum absolute atomic E-state index is 0.0739. The number of nitrogens with one attached hydrogen (secondary N) is 2. The molecule has 0 aliphatic carbocycles. The number of fused-ring (bicyclic) bond motifs is 1. The van der Waals surface area contributed by atoms with Crippen LogP contribution < -0.4 is 10.6 Å². The van der Waals surface area contributed by atoms with Gasteiger partial charge in [0, 0.05) is 13.0 Å². The monoisotopic (exact) mass is 291 g/mol. The van der Waals surface area contributed by atoms with Gasteiger partial charge in [-0.1, -0.05) is 6.92 Å². The van der Waals surface area contributed by atoms with E-state index >= 15 is 0 Å². The van der Waals surface area contributed by atoms with Crippen molar-refractivity contribution in [3.05, 3.63) is 11.6 Å². The van der Waals surface area contributed by atoms with Crippen LogP contribution >= 0.6 is 0 Å². The normalized spacial score (nSPS) is 21.8. The average molecular weight is 291 g/mol. The lowest BCUT2D eigenvalue weighted by molar-refractivity contribution is -0.133. The van der Waals surface area contributed by atoms with Crippen molar-refractivity contribution in [2.45, 2.75) is 58.5 Å². The molecule has 1 amide bonds. The minimum Gasteiger partial charge on any atom is -0.346 e. The van der Waals surface area contributed by atoms with Crippen LogP contribution in [0.25, 0.3) is 0 Å². The summed E-state index contributed by atoms with van der Waals surface area (Å²) in [6, 6.07) is -0.0739. The molecule has 0 saturated carbocycles. The smallest absolute Gasteiger partial charge is 0.226 e. The number of carbonyl (C=O) groups is 1. The number of nitrogens with zero attached hydrogens (tertiary/aromatic N) is 3. The van der Waals surface area contributed by atoms with Crippen LogP contribution in [0.4, 0.5) is 0 Å². The Morgan fingerprint density at radius 1 is 1.43 bits per heavy atom. The maximum absolute atomic E-state index is 12.8. The van der Waals surface area contributed by atoms with Crippen LogP contribution in [0.1, 0.15) is 57.2 Å². The molecule has 1 fully saturated rings. The third kappa shape index (κ3) is 2.57. The van der Waals surface area contributed by atoms with E-state index in [0.29, 0.717) is 0 Å². The summed E-state index contributed by atoms with van der Waals surface area (Å²) in [5.41, 5.74) is -0.215. The van der Waals surface area contributed by atoms with E-state index < -0.39 is 0 Å². The van der Waals surface area contributed by atoms with Crippen LogP contribution in [0.3, 0.4) is 0 Å². The number of amides is 1. The van der Waals surface area contributed by atoms with Crippen LogP contribution in [0.5, 0.6) is 0 Å². The highest BCUT2D eigenvalue weighted by Gasteiger charge is 2.38. The molecule has 2 N–H and O–H groups in total. The minimum atomic E-state index is -0.215. The fourth-order valence-corrected chi connectivity index (χ4v) is 3.55. The predicted octanol–water partition coefficient (Wildman–Crippen LogP) is 1.18. The van der Waals surface area contributed by atoms with Gasteiger partial charge in [-0.2, -0.15) is 0 Å². The molecule has 1 atom stereocenters. The van der Waals surface area contributed by atoms with Crippen molar-refractivity contribution in [2.24, 2.45) is 5.41 Å². The molecule has 1 aromatic heterocycles. The second-order valence-corrected chi connectivity index (χ2v) is 6.31. The lowest BCUT2D eigenvalue weighted by Gasteiger charge is -2.36. The number of piperidine rings is 1. The quantitative estimate of drug-likeness (QED) is 0.874. The molecule has 116 valence electrons. The fourth-order valence-electron chi connectivity index (χ4n) is 3.55. The second-order valence-electron chi connectivity index (χ2n) is 6.31. The van der Waals surface area contributed by atoms with Crippen molar-refractivity contribution in [2.75, 3.05) is 13.1 Å².